The zero-order chi connectivity index (χ0) is 10.9. The van der Waals surface area contributed by atoms with Crippen LogP contribution in [0.15, 0.2) is 0 Å². The SMILES string of the molecule is CS(=O)(=O)OC1CCCCC12CCCC2. The predicted molar refractivity (Wildman–Crippen MR) is 59.1 cm³/mol. The molecule has 2 aliphatic rings. The van der Waals surface area contributed by atoms with Gasteiger partial charge in [-0.15, -0.1) is 0 Å². The van der Waals surface area contributed by atoms with Crippen LogP contribution in [0.25, 0.3) is 0 Å². The molecule has 2 saturated carbocycles. The van der Waals surface area contributed by atoms with E-state index in [4.69, 9.17) is 4.18 Å². The fraction of sp³-hybridized carbons (Fsp3) is 1.00. The summed E-state index contributed by atoms with van der Waals surface area (Å²) in [6.45, 7) is 0. The second-order valence-corrected chi connectivity index (χ2v) is 6.70. The molecule has 0 aromatic heterocycles. The molecule has 0 aromatic rings. The predicted octanol–water partition coefficient (Wildman–Crippen LogP) is 2.47. The summed E-state index contributed by atoms with van der Waals surface area (Å²) >= 11 is 0. The van der Waals surface area contributed by atoms with Crippen molar-refractivity contribution in [2.45, 2.75) is 57.5 Å². The van der Waals surface area contributed by atoms with Gasteiger partial charge >= 0.3 is 0 Å². The van der Waals surface area contributed by atoms with Crippen molar-refractivity contribution in [1.29, 1.82) is 0 Å². The van der Waals surface area contributed by atoms with Crippen molar-refractivity contribution >= 4 is 10.1 Å². The Bertz CT molecular complexity index is 315. The quantitative estimate of drug-likeness (QED) is 0.687. The summed E-state index contributed by atoms with van der Waals surface area (Å²) in [4.78, 5) is 0. The fourth-order valence-corrected chi connectivity index (χ4v) is 4.01. The van der Waals surface area contributed by atoms with Crippen molar-refractivity contribution < 1.29 is 12.6 Å². The summed E-state index contributed by atoms with van der Waals surface area (Å²) in [6.07, 6.45) is 10.4. The lowest BCUT2D eigenvalue weighted by atomic mass is 9.71. The summed E-state index contributed by atoms with van der Waals surface area (Å²) in [5.74, 6) is 0. The third-order valence-electron chi connectivity index (χ3n) is 3.96. The van der Waals surface area contributed by atoms with Crippen LogP contribution in [0.2, 0.25) is 0 Å². The van der Waals surface area contributed by atoms with E-state index >= 15 is 0 Å². The van der Waals surface area contributed by atoms with Gasteiger partial charge in [0.25, 0.3) is 10.1 Å². The fourth-order valence-electron chi connectivity index (χ4n) is 3.29. The molecule has 0 bridgehead atoms. The molecule has 2 fully saturated rings. The molecule has 0 amide bonds. The van der Waals surface area contributed by atoms with Crippen molar-refractivity contribution in [2.24, 2.45) is 5.41 Å². The van der Waals surface area contributed by atoms with Gasteiger partial charge in [0.05, 0.1) is 12.4 Å². The van der Waals surface area contributed by atoms with Gasteiger partial charge in [0.2, 0.25) is 0 Å². The Morgan fingerprint density at radius 1 is 1.07 bits per heavy atom. The zero-order valence-corrected chi connectivity index (χ0v) is 10.2. The summed E-state index contributed by atoms with van der Waals surface area (Å²) < 4.78 is 27.7. The van der Waals surface area contributed by atoms with Gasteiger partial charge in [0.1, 0.15) is 0 Å². The van der Waals surface area contributed by atoms with Gasteiger partial charge in [-0.2, -0.15) is 8.42 Å². The maximum atomic E-state index is 11.2. The molecule has 0 aromatic carbocycles. The topological polar surface area (TPSA) is 43.4 Å². The van der Waals surface area contributed by atoms with Crippen LogP contribution in [-0.4, -0.2) is 20.8 Å². The largest absolute Gasteiger partial charge is 0.266 e. The molecule has 2 aliphatic carbocycles. The first-order chi connectivity index (χ1) is 7.02. The molecule has 1 unspecified atom stereocenters. The highest BCUT2D eigenvalue weighted by Gasteiger charge is 2.44. The minimum Gasteiger partial charge on any atom is -0.266 e. The summed E-state index contributed by atoms with van der Waals surface area (Å²) in [6, 6.07) is 0. The van der Waals surface area contributed by atoms with Crippen molar-refractivity contribution in [3.63, 3.8) is 0 Å². The number of rotatable bonds is 2. The van der Waals surface area contributed by atoms with Crippen molar-refractivity contribution in [3.8, 4) is 0 Å². The first-order valence-electron chi connectivity index (χ1n) is 5.90. The van der Waals surface area contributed by atoms with Crippen LogP contribution >= 0.6 is 0 Å². The van der Waals surface area contributed by atoms with Crippen molar-refractivity contribution in [3.05, 3.63) is 0 Å². The molecule has 1 spiro atoms. The third-order valence-corrected chi connectivity index (χ3v) is 4.55. The van der Waals surface area contributed by atoms with Crippen molar-refractivity contribution in [2.75, 3.05) is 6.26 Å². The molecule has 0 aliphatic heterocycles. The molecule has 4 heteroatoms. The molecule has 0 saturated heterocycles. The molecule has 3 nitrogen and oxygen atoms in total. The molecule has 1 atom stereocenters. The van der Waals surface area contributed by atoms with Gasteiger partial charge in [-0.3, -0.25) is 4.18 Å². The van der Waals surface area contributed by atoms with Crippen LogP contribution in [0.5, 0.6) is 0 Å². The lowest BCUT2D eigenvalue weighted by Crippen LogP contribution is -2.39. The van der Waals surface area contributed by atoms with Crippen LogP contribution in [-0.2, 0) is 14.3 Å². The van der Waals surface area contributed by atoms with E-state index in [1.807, 2.05) is 0 Å². The molecule has 0 heterocycles. The third kappa shape index (κ3) is 2.53. The minimum atomic E-state index is -3.29. The van der Waals surface area contributed by atoms with Gasteiger partial charge in [-0.25, -0.2) is 0 Å². The first kappa shape index (κ1) is 11.4. The van der Waals surface area contributed by atoms with Crippen LogP contribution in [0, 0.1) is 5.41 Å². The Morgan fingerprint density at radius 3 is 2.13 bits per heavy atom. The van der Waals surface area contributed by atoms with E-state index in [2.05, 4.69) is 0 Å². The van der Waals surface area contributed by atoms with E-state index in [1.54, 1.807) is 0 Å². The van der Waals surface area contributed by atoms with Crippen LogP contribution in [0.4, 0.5) is 0 Å². The van der Waals surface area contributed by atoms with Gasteiger partial charge < -0.3 is 0 Å². The molecule has 15 heavy (non-hydrogen) atoms. The maximum absolute atomic E-state index is 11.2. The van der Waals surface area contributed by atoms with E-state index in [0.29, 0.717) is 0 Å². The Balaban J connectivity index is 2.12. The highest BCUT2D eigenvalue weighted by atomic mass is 32.2. The lowest BCUT2D eigenvalue weighted by molar-refractivity contribution is 0.0170. The Labute approximate surface area is 92.3 Å². The summed E-state index contributed by atoms with van der Waals surface area (Å²) in [7, 11) is -3.29. The Kier molecular flexibility index (Phi) is 3.08. The van der Waals surface area contributed by atoms with Crippen LogP contribution in [0.3, 0.4) is 0 Å². The molecular weight excluding hydrogens is 212 g/mol. The second-order valence-electron chi connectivity index (χ2n) is 5.10. The van der Waals surface area contributed by atoms with Gasteiger partial charge in [0.15, 0.2) is 0 Å². The minimum absolute atomic E-state index is 0.0382. The number of hydrogen-bond acceptors (Lipinski definition) is 3. The standard InChI is InChI=1S/C11H20O3S/c1-15(12,13)14-10-6-2-3-7-11(10)8-4-5-9-11/h10H,2-9H2,1H3. The molecule has 2 rings (SSSR count). The second kappa shape index (κ2) is 4.06. The molecule has 0 radical (unpaired) electrons. The van der Waals surface area contributed by atoms with Gasteiger partial charge in [-0.1, -0.05) is 25.7 Å². The Morgan fingerprint density at radius 2 is 1.60 bits per heavy atom. The smallest absolute Gasteiger partial charge is 0.264 e. The molecule has 88 valence electrons. The normalized spacial score (nSPS) is 30.9. The van der Waals surface area contributed by atoms with E-state index < -0.39 is 10.1 Å². The van der Waals surface area contributed by atoms with E-state index in [-0.39, 0.29) is 11.5 Å². The van der Waals surface area contributed by atoms with E-state index in [1.165, 1.54) is 25.5 Å². The van der Waals surface area contributed by atoms with Crippen molar-refractivity contribution in [1.82, 2.24) is 0 Å². The van der Waals surface area contributed by atoms with Gasteiger partial charge in [-0.05, 0) is 31.1 Å². The highest BCUT2D eigenvalue weighted by Crippen LogP contribution is 2.50. The zero-order valence-electron chi connectivity index (χ0n) is 9.37. The Hall–Kier alpha value is -0.0900. The highest BCUT2D eigenvalue weighted by molar-refractivity contribution is 7.86. The summed E-state index contributed by atoms with van der Waals surface area (Å²) in [5, 5.41) is 0. The van der Waals surface area contributed by atoms with E-state index in [9.17, 15) is 8.42 Å². The number of hydrogen-bond donors (Lipinski definition) is 0. The lowest BCUT2D eigenvalue weighted by Gasteiger charge is -2.40. The van der Waals surface area contributed by atoms with Crippen LogP contribution in [0.1, 0.15) is 51.4 Å². The monoisotopic (exact) mass is 232 g/mol. The first-order valence-corrected chi connectivity index (χ1v) is 7.72. The van der Waals surface area contributed by atoms with Gasteiger partial charge in [0, 0.05) is 0 Å². The summed E-state index contributed by atoms with van der Waals surface area (Å²) in [5.41, 5.74) is 0.196. The molecule has 0 N–H and O–H groups in total. The maximum Gasteiger partial charge on any atom is 0.264 e. The molecular formula is C11H20O3S. The van der Waals surface area contributed by atoms with E-state index in [0.717, 1.165) is 32.1 Å². The van der Waals surface area contributed by atoms with Crippen LogP contribution < -0.4 is 0 Å². The average molecular weight is 232 g/mol. The average Bonchev–Trinajstić information content (AvgIpc) is 2.57.